The van der Waals surface area contributed by atoms with Gasteiger partial charge in [0, 0.05) is 5.41 Å². The normalized spacial score (nSPS) is 10.5. The summed E-state index contributed by atoms with van der Waals surface area (Å²) in [6, 6.07) is 0. The van der Waals surface area contributed by atoms with E-state index in [1.807, 2.05) is 0 Å². The van der Waals surface area contributed by atoms with E-state index in [9.17, 15) is 9.59 Å². The Kier molecular flexibility index (Phi) is 3.91. The van der Waals surface area contributed by atoms with Crippen molar-refractivity contribution in [2.24, 2.45) is 5.41 Å². The molecule has 0 aliphatic carbocycles. The summed E-state index contributed by atoms with van der Waals surface area (Å²) in [5, 5.41) is 17.1. The van der Waals surface area contributed by atoms with Crippen LogP contribution in [0.1, 0.15) is 12.8 Å². The summed E-state index contributed by atoms with van der Waals surface area (Å²) >= 11 is 0. The van der Waals surface area contributed by atoms with E-state index in [1.165, 1.54) is 12.2 Å². The second-order valence-electron chi connectivity index (χ2n) is 2.78. The van der Waals surface area contributed by atoms with Gasteiger partial charge in [0.2, 0.25) is 0 Å². The Bertz CT molecular complexity index is 216. The van der Waals surface area contributed by atoms with E-state index >= 15 is 0 Å². The lowest BCUT2D eigenvalue weighted by molar-refractivity contribution is -0.141. The van der Waals surface area contributed by atoms with Gasteiger partial charge in [-0.15, -0.1) is 13.2 Å². The van der Waals surface area contributed by atoms with E-state index in [0.29, 0.717) is 0 Å². The number of carbonyl (C=O) groups is 2. The minimum Gasteiger partial charge on any atom is -0.481 e. The van der Waals surface area contributed by atoms with Crippen LogP contribution in [0, 0.1) is 5.41 Å². The van der Waals surface area contributed by atoms with Crippen molar-refractivity contribution in [1.82, 2.24) is 0 Å². The molecule has 0 aromatic carbocycles. The van der Waals surface area contributed by atoms with E-state index in [-0.39, 0.29) is 12.8 Å². The third kappa shape index (κ3) is 3.55. The monoisotopic (exact) mass is 184 g/mol. The largest absolute Gasteiger partial charge is 0.481 e. The number of carboxylic acids is 2. The van der Waals surface area contributed by atoms with Crippen molar-refractivity contribution in [3.8, 4) is 0 Å². The average Bonchev–Trinajstić information content (AvgIpc) is 2.01. The number of hydrogen-bond acceptors (Lipinski definition) is 2. The highest BCUT2D eigenvalue weighted by molar-refractivity contribution is 5.73. The first-order chi connectivity index (χ1) is 5.95. The van der Waals surface area contributed by atoms with Crippen LogP contribution in [0.15, 0.2) is 25.3 Å². The quantitative estimate of drug-likeness (QED) is 0.610. The molecule has 0 aliphatic rings. The Hall–Kier alpha value is -1.58. The first-order valence-electron chi connectivity index (χ1n) is 3.66. The second kappa shape index (κ2) is 4.45. The van der Waals surface area contributed by atoms with Crippen LogP contribution >= 0.6 is 0 Å². The molecule has 0 fully saturated rings. The molecule has 0 aromatic rings. The average molecular weight is 184 g/mol. The van der Waals surface area contributed by atoms with Gasteiger partial charge in [-0.2, -0.15) is 0 Å². The summed E-state index contributed by atoms with van der Waals surface area (Å²) in [4.78, 5) is 20.9. The maximum atomic E-state index is 10.4. The number of hydrogen-bond donors (Lipinski definition) is 2. The Labute approximate surface area is 76.2 Å². The van der Waals surface area contributed by atoms with Gasteiger partial charge in [-0.25, -0.2) is 0 Å². The lowest BCUT2D eigenvalue weighted by atomic mass is 9.81. The number of carboxylic acid groups (broad SMARTS) is 2. The zero-order chi connectivity index (χ0) is 10.5. The van der Waals surface area contributed by atoms with E-state index in [1.54, 1.807) is 0 Å². The van der Waals surface area contributed by atoms with Crippen LogP contribution in [-0.4, -0.2) is 22.2 Å². The van der Waals surface area contributed by atoms with Crippen molar-refractivity contribution in [1.29, 1.82) is 0 Å². The molecule has 0 rings (SSSR count). The molecule has 0 heterocycles. The van der Waals surface area contributed by atoms with E-state index in [0.717, 1.165) is 0 Å². The third-order valence-electron chi connectivity index (χ3n) is 1.77. The van der Waals surface area contributed by atoms with Crippen LogP contribution in [0.2, 0.25) is 0 Å². The standard InChI is InChI=1S/C9H12O4/c1-3-9(4-2,5-7(10)11)6-8(12)13/h3-4H,1-2,5-6H2,(H,10,11)(H,12,13). The highest BCUT2D eigenvalue weighted by Gasteiger charge is 2.28. The van der Waals surface area contributed by atoms with Gasteiger partial charge in [-0.1, -0.05) is 12.2 Å². The minimum atomic E-state index is -1.07. The lowest BCUT2D eigenvalue weighted by Gasteiger charge is -2.21. The molecule has 0 unspecified atom stereocenters. The topological polar surface area (TPSA) is 74.6 Å². The van der Waals surface area contributed by atoms with Gasteiger partial charge in [0.15, 0.2) is 0 Å². The van der Waals surface area contributed by atoms with Crippen LogP contribution in [0.5, 0.6) is 0 Å². The molecule has 0 atom stereocenters. The molecule has 13 heavy (non-hydrogen) atoms. The molecule has 0 aliphatic heterocycles. The Morgan fingerprint density at radius 2 is 1.38 bits per heavy atom. The fourth-order valence-electron chi connectivity index (χ4n) is 0.998. The van der Waals surface area contributed by atoms with Crippen LogP contribution < -0.4 is 0 Å². The van der Waals surface area contributed by atoms with Gasteiger partial charge in [0.25, 0.3) is 0 Å². The fourth-order valence-corrected chi connectivity index (χ4v) is 0.998. The molecular weight excluding hydrogens is 172 g/mol. The van der Waals surface area contributed by atoms with E-state index < -0.39 is 17.4 Å². The summed E-state index contributed by atoms with van der Waals surface area (Å²) in [5.41, 5.74) is -1.04. The van der Waals surface area contributed by atoms with Crippen molar-refractivity contribution < 1.29 is 19.8 Å². The van der Waals surface area contributed by atoms with Crippen molar-refractivity contribution in [3.05, 3.63) is 25.3 Å². The summed E-state index contributed by atoms with van der Waals surface area (Å²) in [5.74, 6) is -2.14. The van der Waals surface area contributed by atoms with Crippen LogP contribution in [0.3, 0.4) is 0 Å². The maximum absolute atomic E-state index is 10.4. The minimum absolute atomic E-state index is 0.299. The molecule has 0 radical (unpaired) electrons. The van der Waals surface area contributed by atoms with Gasteiger partial charge >= 0.3 is 11.9 Å². The molecule has 0 bridgehead atoms. The molecular formula is C9H12O4. The SMILES string of the molecule is C=CC(C=C)(CC(=O)O)CC(=O)O. The van der Waals surface area contributed by atoms with E-state index in [4.69, 9.17) is 10.2 Å². The van der Waals surface area contributed by atoms with Crippen molar-refractivity contribution >= 4 is 11.9 Å². The molecule has 0 aromatic heterocycles. The first kappa shape index (κ1) is 11.4. The maximum Gasteiger partial charge on any atom is 0.304 e. The molecule has 72 valence electrons. The molecule has 0 saturated carbocycles. The molecule has 2 N–H and O–H groups in total. The first-order valence-corrected chi connectivity index (χ1v) is 3.66. The Balaban J connectivity index is 4.68. The third-order valence-corrected chi connectivity index (χ3v) is 1.77. The summed E-state index contributed by atoms with van der Waals surface area (Å²) < 4.78 is 0. The zero-order valence-electron chi connectivity index (χ0n) is 7.19. The summed E-state index contributed by atoms with van der Waals surface area (Å²) in [6.45, 7) is 6.82. The molecule has 4 heteroatoms. The van der Waals surface area contributed by atoms with Crippen molar-refractivity contribution in [2.75, 3.05) is 0 Å². The summed E-state index contributed by atoms with van der Waals surface area (Å²) in [7, 11) is 0. The predicted octanol–water partition coefficient (Wildman–Crippen LogP) is 1.29. The Morgan fingerprint density at radius 1 is 1.08 bits per heavy atom. The van der Waals surface area contributed by atoms with Crippen LogP contribution in [0.4, 0.5) is 0 Å². The fraction of sp³-hybridized carbons (Fsp3) is 0.333. The molecule has 4 nitrogen and oxygen atoms in total. The highest BCUT2D eigenvalue weighted by atomic mass is 16.4. The smallest absolute Gasteiger partial charge is 0.304 e. The van der Waals surface area contributed by atoms with Crippen molar-refractivity contribution in [3.63, 3.8) is 0 Å². The molecule has 0 saturated heterocycles. The number of rotatable bonds is 6. The number of allylic oxidation sites excluding steroid dienone is 2. The molecule has 0 amide bonds. The van der Waals surface area contributed by atoms with Gasteiger partial charge in [-0.3, -0.25) is 9.59 Å². The van der Waals surface area contributed by atoms with Gasteiger partial charge in [-0.05, 0) is 0 Å². The Morgan fingerprint density at radius 3 is 1.54 bits per heavy atom. The van der Waals surface area contributed by atoms with Gasteiger partial charge in [0.1, 0.15) is 0 Å². The zero-order valence-corrected chi connectivity index (χ0v) is 7.19. The second-order valence-corrected chi connectivity index (χ2v) is 2.78. The van der Waals surface area contributed by atoms with Gasteiger partial charge in [0.05, 0.1) is 12.8 Å². The van der Waals surface area contributed by atoms with Crippen LogP contribution in [0.25, 0.3) is 0 Å². The molecule has 0 spiro atoms. The van der Waals surface area contributed by atoms with Crippen LogP contribution in [-0.2, 0) is 9.59 Å². The lowest BCUT2D eigenvalue weighted by Crippen LogP contribution is -2.23. The predicted molar refractivity (Wildman–Crippen MR) is 47.3 cm³/mol. The summed E-state index contributed by atoms with van der Waals surface area (Å²) in [6.07, 6.45) is 2.02. The number of aliphatic carboxylic acids is 2. The highest BCUT2D eigenvalue weighted by Crippen LogP contribution is 2.29. The van der Waals surface area contributed by atoms with Crippen molar-refractivity contribution in [2.45, 2.75) is 12.8 Å². The van der Waals surface area contributed by atoms with Gasteiger partial charge < -0.3 is 10.2 Å². The van der Waals surface area contributed by atoms with E-state index in [2.05, 4.69) is 13.2 Å².